The van der Waals surface area contributed by atoms with Crippen molar-refractivity contribution >= 4 is 5.91 Å². The Hall–Kier alpha value is -0.610. The Kier molecular flexibility index (Phi) is 4.11. The third-order valence-corrected chi connectivity index (χ3v) is 3.22. The minimum absolute atomic E-state index is 0.0457. The molecule has 0 bridgehead atoms. The van der Waals surface area contributed by atoms with E-state index < -0.39 is 5.54 Å². The summed E-state index contributed by atoms with van der Waals surface area (Å²) in [7, 11) is 1.79. The van der Waals surface area contributed by atoms with Crippen LogP contribution in [0.1, 0.15) is 27.2 Å². The number of hydrogen-bond donors (Lipinski definition) is 2. The highest BCUT2D eigenvalue weighted by atomic mass is 16.5. The molecule has 2 unspecified atom stereocenters. The van der Waals surface area contributed by atoms with Crippen molar-refractivity contribution in [3.63, 3.8) is 0 Å². The van der Waals surface area contributed by atoms with Crippen molar-refractivity contribution in [2.45, 2.75) is 38.8 Å². The molecule has 0 spiro atoms. The second-order valence-corrected chi connectivity index (χ2v) is 4.76. The van der Waals surface area contributed by atoms with Gasteiger partial charge in [0.2, 0.25) is 5.91 Å². The highest BCUT2D eigenvalue weighted by Gasteiger charge is 2.29. The lowest BCUT2D eigenvalue weighted by Gasteiger charge is -2.27. The van der Waals surface area contributed by atoms with Gasteiger partial charge in [0.15, 0.2) is 0 Å². The Morgan fingerprint density at radius 2 is 2.20 bits per heavy atom. The molecule has 2 atom stereocenters. The number of carbonyl (C=O) groups is 1. The van der Waals surface area contributed by atoms with Crippen LogP contribution in [0.4, 0.5) is 0 Å². The summed E-state index contributed by atoms with van der Waals surface area (Å²) in [5.74, 6) is 0.506. The van der Waals surface area contributed by atoms with Crippen molar-refractivity contribution in [3.05, 3.63) is 0 Å². The molecule has 4 heteroatoms. The van der Waals surface area contributed by atoms with Gasteiger partial charge in [-0.25, -0.2) is 0 Å². The maximum Gasteiger partial charge on any atom is 0.239 e. The number of hydrogen-bond acceptors (Lipinski definition) is 3. The van der Waals surface area contributed by atoms with Crippen LogP contribution in [0.25, 0.3) is 0 Å². The summed E-state index contributed by atoms with van der Waals surface area (Å²) in [6.45, 7) is 7.38. The van der Waals surface area contributed by atoms with Gasteiger partial charge < -0.3 is 15.4 Å². The lowest BCUT2D eigenvalue weighted by atomic mass is 9.98. The van der Waals surface area contributed by atoms with Gasteiger partial charge in [-0.2, -0.15) is 0 Å². The van der Waals surface area contributed by atoms with E-state index in [-0.39, 0.29) is 11.9 Å². The molecule has 4 nitrogen and oxygen atoms in total. The van der Waals surface area contributed by atoms with E-state index in [1.165, 1.54) is 0 Å². The molecule has 0 aromatic rings. The van der Waals surface area contributed by atoms with Gasteiger partial charge >= 0.3 is 0 Å². The smallest absolute Gasteiger partial charge is 0.239 e. The van der Waals surface area contributed by atoms with Gasteiger partial charge in [0.05, 0.1) is 12.1 Å². The molecule has 1 amide bonds. The van der Waals surface area contributed by atoms with Gasteiger partial charge in [-0.3, -0.25) is 4.79 Å². The highest BCUT2D eigenvalue weighted by molar-refractivity contribution is 5.85. The van der Waals surface area contributed by atoms with E-state index in [0.29, 0.717) is 5.92 Å². The third-order valence-electron chi connectivity index (χ3n) is 3.22. The topological polar surface area (TPSA) is 50.4 Å². The number of likely N-dealkylation sites (N-methyl/N-ethyl adjacent to an activating group) is 1. The molecule has 2 N–H and O–H groups in total. The van der Waals surface area contributed by atoms with Crippen LogP contribution in [0.3, 0.4) is 0 Å². The molecular weight excluding hydrogens is 192 g/mol. The fourth-order valence-electron chi connectivity index (χ4n) is 1.57. The molecule has 1 heterocycles. The number of rotatable bonds is 4. The summed E-state index contributed by atoms with van der Waals surface area (Å²) in [6.07, 6.45) is 1.04. The zero-order chi connectivity index (χ0) is 11.5. The molecule has 15 heavy (non-hydrogen) atoms. The first kappa shape index (κ1) is 12.5. The molecule has 1 fully saturated rings. The van der Waals surface area contributed by atoms with Crippen LogP contribution in [0.5, 0.6) is 0 Å². The van der Waals surface area contributed by atoms with E-state index >= 15 is 0 Å². The lowest BCUT2D eigenvalue weighted by molar-refractivity contribution is -0.127. The molecule has 1 saturated heterocycles. The van der Waals surface area contributed by atoms with Gasteiger partial charge in [0.25, 0.3) is 0 Å². The summed E-state index contributed by atoms with van der Waals surface area (Å²) in [4.78, 5) is 11.8. The molecule has 1 aliphatic rings. The van der Waals surface area contributed by atoms with E-state index in [4.69, 9.17) is 4.74 Å². The van der Waals surface area contributed by atoms with Crippen molar-refractivity contribution in [2.75, 3.05) is 20.3 Å². The molecule has 0 radical (unpaired) electrons. The number of ether oxygens (including phenoxy) is 1. The fourth-order valence-corrected chi connectivity index (χ4v) is 1.57. The summed E-state index contributed by atoms with van der Waals surface area (Å²) in [5.41, 5.74) is -0.506. The van der Waals surface area contributed by atoms with E-state index in [0.717, 1.165) is 19.6 Å². The number of amides is 1. The normalized spacial score (nSPS) is 23.9. The zero-order valence-corrected chi connectivity index (χ0v) is 10.1. The van der Waals surface area contributed by atoms with Gasteiger partial charge in [-0.15, -0.1) is 0 Å². The maximum atomic E-state index is 11.8. The van der Waals surface area contributed by atoms with Gasteiger partial charge in [-0.1, -0.05) is 0 Å². The minimum Gasteiger partial charge on any atom is -0.381 e. The van der Waals surface area contributed by atoms with E-state index in [9.17, 15) is 4.79 Å². The standard InChI is InChI=1S/C11H22N2O2/c1-8(9-5-6-15-7-9)13-10(14)11(2,3)12-4/h8-9,12H,5-7H2,1-4H3,(H,13,14). The van der Waals surface area contributed by atoms with Crippen molar-refractivity contribution < 1.29 is 9.53 Å². The van der Waals surface area contributed by atoms with Crippen molar-refractivity contribution in [1.82, 2.24) is 10.6 Å². The van der Waals surface area contributed by atoms with E-state index in [1.54, 1.807) is 7.05 Å². The monoisotopic (exact) mass is 214 g/mol. The molecular formula is C11H22N2O2. The molecule has 1 rings (SSSR count). The van der Waals surface area contributed by atoms with Crippen LogP contribution in [-0.2, 0) is 9.53 Å². The Morgan fingerprint density at radius 1 is 1.53 bits per heavy atom. The summed E-state index contributed by atoms with van der Waals surface area (Å²) in [6, 6.07) is 0.188. The van der Waals surface area contributed by atoms with E-state index in [1.807, 2.05) is 20.8 Å². The first-order valence-corrected chi connectivity index (χ1v) is 5.55. The molecule has 0 aromatic carbocycles. The van der Waals surface area contributed by atoms with Gasteiger partial charge in [0.1, 0.15) is 0 Å². The minimum atomic E-state index is -0.506. The quantitative estimate of drug-likeness (QED) is 0.717. The van der Waals surface area contributed by atoms with Crippen LogP contribution < -0.4 is 10.6 Å². The van der Waals surface area contributed by atoms with Gasteiger partial charge in [-0.05, 0) is 34.2 Å². The SMILES string of the molecule is CNC(C)(C)C(=O)NC(C)C1CCOC1. The largest absolute Gasteiger partial charge is 0.381 e. The Morgan fingerprint density at radius 3 is 2.67 bits per heavy atom. The Labute approximate surface area is 91.8 Å². The fraction of sp³-hybridized carbons (Fsp3) is 0.909. The van der Waals surface area contributed by atoms with Crippen LogP contribution in [-0.4, -0.2) is 37.7 Å². The predicted octanol–water partition coefficient (Wildman–Crippen LogP) is 0.526. The Balaban J connectivity index is 2.43. The maximum absolute atomic E-state index is 11.8. The molecule has 1 aliphatic heterocycles. The van der Waals surface area contributed by atoms with Crippen molar-refractivity contribution in [1.29, 1.82) is 0 Å². The third kappa shape index (κ3) is 3.18. The predicted molar refractivity (Wildman–Crippen MR) is 59.7 cm³/mol. The van der Waals surface area contributed by atoms with Crippen molar-refractivity contribution in [3.8, 4) is 0 Å². The van der Waals surface area contributed by atoms with Crippen LogP contribution in [0.15, 0.2) is 0 Å². The first-order chi connectivity index (χ1) is 6.97. The summed E-state index contributed by atoms with van der Waals surface area (Å²) < 4.78 is 5.30. The molecule has 88 valence electrons. The molecule has 0 saturated carbocycles. The summed E-state index contributed by atoms with van der Waals surface area (Å²) >= 11 is 0. The second-order valence-electron chi connectivity index (χ2n) is 4.76. The Bertz CT molecular complexity index is 223. The average Bonchev–Trinajstić information content (AvgIpc) is 2.70. The zero-order valence-electron chi connectivity index (χ0n) is 10.1. The summed E-state index contributed by atoms with van der Waals surface area (Å²) in [5, 5.41) is 6.03. The number of nitrogens with one attached hydrogen (secondary N) is 2. The molecule has 0 aromatic heterocycles. The average molecular weight is 214 g/mol. The van der Waals surface area contributed by atoms with Gasteiger partial charge in [0, 0.05) is 18.6 Å². The highest BCUT2D eigenvalue weighted by Crippen LogP contribution is 2.17. The molecule has 0 aliphatic carbocycles. The van der Waals surface area contributed by atoms with E-state index in [2.05, 4.69) is 10.6 Å². The lowest BCUT2D eigenvalue weighted by Crippen LogP contribution is -2.54. The number of carbonyl (C=O) groups excluding carboxylic acids is 1. The van der Waals surface area contributed by atoms with Crippen molar-refractivity contribution in [2.24, 2.45) is 5.92 Å². The van der Waals surface area contributed by atoms with Crippen LogP contribution >= 0.6 is 0 Å². The van der Waals surface area contributed by atoms with Crippen LogP contribution in [0, 0.1) is 5.92 Å². The second kappa shape index (κ2) is 4.94. The first-order valence-electron chi connectivity index (χ1n) is 5.55. The van der Waals surface area contributed by atoms with Crippen LogP contribution in [0.2, 0.25) is 0 Å².